The van der Waals surface area contributed by atoms with E-state index in [2.05, 4.69) is 10.2 Å². The second kappa shape index (κ2) is 12.0. The van der Waals surface area contributed by atoms with Gasteiger partial charge in [0.2, 0.25) is 15.9 Å². The van der Waals surface area contributed by atoms with Crippen LogP contribution in [0.1, 0.15) is 49.3 Å². The molecule has 1 fully saturated rings. The Hall–Kier alpha value is -2.05. The quantitative estimate of drug-likeness (QED) is 0.438. The molecule has 38 heavy (non-hydrogen) atoms. The fourth-order valence-electron chi connectivity index (χ4n) is 4.65. The predicted molar refractivity (Wildman–Crippen MR) is 138 cm³/mol. The zero-order chi connectivity index (χ0) is 27.5. The van der Waals surface area contributed by atoms with Gasteiger partial charge in [-0.25, -0.2) is 8.42 Å². The number of hydrogen-bond donors (Lipinski definition) is 2. The monoisotopic (exact) mass is 593 g/mol. The van der Waals surface area contributed by atoms with E-state index in [-0.39, 0.29) is 16.7 Å². The van der Waals surface area contributed by atoms with Crippen LogP contribution in [0.25, 0.3) is 0 Å². The van der Waals surface area contributed by atoms with Gasteiger partial charge in [-0.15, -0.1) is 0 Å². The van der Waals surface area contributed by atoms with E-state index in [1.807, 2.05) is 18.2 Å². The Morgan fingerprint density at radius 1 is 1.11 bits per heavy atom. The van der Waals surface area contributed by atoms with E-state index in [1.54, 1.807) is 4.72 Å². The Labute approximate surface area is 229 Å². The molecule has 0 unspecified atom stereocenters. The first-order chi connectivity index (χ1) is 17.9. The summed E-state index contributed by atoms with van der Waals surface area (Å²) in [5.74, 6) is -0.373. The standard InChI is InChI=1S/C25H28Cl2F3N3O4S/c26-17-5-7-19(27)22(13-17)38(35,36)32-23(25(28,29)30)14-24(34)31-20-8-11-37-21-12-16(4-6-18(20)21)15-33-9-2-1-3-10-33/h4-7,12-13,20,23,32H,1-3,8-11,14-15H2,(H,31,34)/t20-,23-/m1/s1. The van der Waals surface area contributed by atoms with Crippen LogP contribution in [0.4, 0.5) is 13.2 Å². The second-order valence-corrected chi connectivity index (χ2v) is 12.0. The minimum absolute atomic E-state index is 0.0201. The van der Waals surface area contributed by atoms with E-state index in [9.17, 15) is 26.4 Å². The van der Waals surface area contributed by atoms with Crippen LogP contribution in [0, 0.1) is 0 Å². The number of ether oxygens (including phenoxy) is 1. The number of carbonyl (C=O) groups excluding carboxylic acids is 1. The molecule has 2 aromatic carbocycles. The lowest BCUT2D eigenvalue weighted by atomic mass is 9.98. The largest absolute Gasteiger partial charge is 0.493 e. The first-order valence-corrected chi connectivity index (χ1v) is 14.5. The van der Waals surface area contributed by atoms with Crippen molar-refractivity contribution in [3.05, 3.63) is 57.6 Å². The summed E-state index contributed by atoms with van der Waals surface area (Å²) in [7, 11) is -4.73. The van der Waals surface area contributed by atoms with Crippen LogP contribution in [0.2, 0.25) is 10.0 Å². The zero-order valence-electron chi connectivity index (χ0n) is 20.4. The van der Waals surface area contributed by atoms with Crippen molar-refractivity contribution in [3.8, 4) is 5.75 Å². The summed E-state index contributed by atoms with van der Waals surface area (Å²) in [6, 6.07) is 5.83. The molecule has 2 aromatic rings. The number of piperidine rings is 1. The lowest BCUT2D eigenvalue weighted by Crippen LogP contribution is -2.48. The number of amides is 1. The Kier molecular flexibility index (Phi) is 9.14. The molecular formula is C25H28Cl2F3N3O4S. The van der Waals surface area contributed by atoms with Gasteiger partial charge in [-0.05, 0) is 55.8 Å². The number of fused-ring (bicyclic) bond motifs is 1. The SMILES string of the molecule is O=C(C[C@@H](NS(=O)(=O)c1cc(Cl)ccc1Cl)C(F)(F)F)N[C@@H]1CCOc2cc(CN3CCCCC3)ccc21. The highest BCUT2D eigenvalue weighted by molar-refractivity contribution is 7.89. The Balaban J connectivity index is 1.44. The maximum Gasteiger partial charge on any atom is 0.405 e. The number of alkyl halides is 3. The van der Waals surface area contributed by atoms with Crippen LogP contribution >= 0.6 is 23.2 Å². The van der Waals surface area contributed by atoms with Gasteiger partial charge in [-0.3, -0.25) is 9.69 Å². The zero-order valence-corrected chi connectivity index (χ0v) is 22.7. The maximum atomic E-state index is 13.8. The third kappa shape index (κ3) is 7.32. The molecule has 7 nitrogen and oxygen atoms in total. The number of hydrogen-bond acceptors (Lipinski definition) is 5. The molecule has 208 valence electrons. The number of nitrogens with one attached hydrogen (secondary N) is 2. The van der Waals surface area contributed by atoms with Gasteiger partial charge >= 0.3 is 6.18 Å². The molecule has 2 heterocycles. The van der Waals surface area contributed by atoms with Gasteiger partial charge in [0.25, 0.3) is 0 Å². The van der Waals surface area contributed by atoms with E-state index < -0.39 is 45.5 Å². The van der Waals surface area contributed by atoms with Gasteiger partial charge < -0.3 is 10.1 Å². The van der Waals surface area contributed by atoms with Crippen LogP contribution in [0.15, 0.2) is 41.3 Å². The highest BCUT2D eigenvalue weighted by Gasteiger charge is 2.44. The molecule has 2 atom stereocenters. The van der Waals surface area contributed by atoms with Crippen molar-refractivity contribution in [3.63, 3.8) is 0 Å². The number of sulfonamides is 1. The van der Waals surface area contributed by atoms with Crippen LogP contribution in [-0.2, 0) is 21.4 Å². The molecule has 0 bridgehead atoms. The fraction of sp³-hybridized carbons (Fsp3) is 0.480. The average molecular weight is 594 g/mol. The molecule has 1 amide bonds. The van der Waals surface area contributed by atoms with Crippen LogP contribution < -0.4 is 14.8 Å². The molecule has 0 aromatic heterocycles. The molecule has 2 aliphatic heterocycles. The molecule has 0 radical (unpaired) electrons. The van der Waals surface area contributed by atoms with E-state index in [0.717, 1.165) is 50.2 Å². The van der Waals surface area contributed by atoms with Crippen molar-refractivity contribution in [2.75, 3.05) is 19.7 Å². The number of carbonyl (C=O) groups is 1. The van der Waals surface area contributed by atoms with E-state index in [1.165, 1.54) is 12.5 Å². The molecular weight excluding hydrogens is 566 g/mol. The highest BCUT2D eigenvalue weighted by atomic mass is 35.5. The molecule has 2 aliphatic rings. The molecule has 4 rings (SSSR count). The van der Waals surface area contributed by atoms with Crippen molar-refractivity contribution in [1.82, 2.24) is 14.9 Å². The lowest BCUT2D eigenvalue weighted by Gasteiger charge is -2.30. The first-order valence-electron chi connectivity index (χ1n) is 12.2. The summed E-state index contributed by atoms with van der Waals surface area (Å²) >= 11 is 11.7. The van der Waals surface area contributed by atoms with Gasteiger partial charge in [0.05, 0.1) is 24.1 Å². The summed E-state index contributed by atoms with van der Waals surface area (Å²) in [6.45, 7) is 3.12. The summed E-state index contributed by atoms with van der Waals surface area (Å²) in [4.78, 5) is 14.5. The third-order valence-electron chi connectivity index (χ3n) is 6.57. The van der Waals surface area contributed by atoms with Crippen molar-refractivity contribution >= 4 is 39.1 Å². The molecule has 0 aliphatic carbocycles. The van der Waals surface area contributed by atoms with Gasteiger partial charge in [-0.1, -0.05) is 41.8 Å². The summed E-state index contributed by atoms with van der Waals surface area (Å²) in [5.41, 5.74) is 1.73. The van der Waals surface area contributed by atoms with Crippen molar-refractivity contribution in [2.45, 2.75) is 61.8 Å². The van der Waals surface area contributed by atoms with E-state index >= 15 is 0 Å². The van der Waals surface area contributed by atoms with Crippen LogP contribution in [0.5, 0.6) is 5.75 Å². The van der Waals surface area contributed by atoms with Crippen molar-refractivity contribution < 1.29 is 31.1 Å². The van der Waals surface area contributed by atoms with Crippen LogP contribution in [0.3, 0.4) is 0 Å². The molecule has 0 saturated carbocycles. The number of benzene rings is 2. The minimum Gasteiger partial charge on any atom is -0.493 e. The van der Waals surface area contributed by atoms with Crippen molar-refractivity contribution in [2.24, 2.45) is 0 Å². The van der Waals surface area contributed by atoms with E-state index in [4.69, 9.17) is 27.9 Å². The van der Waals surface area contributed by atoms with E-state index in [0.29, 0.717) is 17.7 Å². The van der Waals surface area contributed by atoms with Gasteiger partial charge in [0.15, 0.2) is 0 Å². The summed E-state index contributed by atoms with van der Waals surface area (Å²) < 4.78 is 74.0. The Morgan fingerprint density at radius 3 is 2.55 bits per heavy atom. The van der Waals surface area contributed by atoms with Gasteiger partial charge in [0.1, 0.15) is 16.7 Å². The average Bonchev–Trinajstić information content (AvgIpc) is 2.85. The summed E-state index contributed by atoms with van der Waals surface area (Å²) in [6.07, 6.45) is -2.26. The minimum atomic E-state index is -5.04. The number of rotatable bonds is 8. The Bertz CT molecular complexity index is 1270. The van der Waals surface area contributed by atoms with Crippen LogP contribution in [-0.4, -0.2) is 51.1 Å². The number of halogens is 5. The van der Waals surface area contributed by atoms with Gasteiger partial charge in [0, 0.05) is 23.6 Å². The highest BCUT2D eigenvalue weighted by Crippen LogP contribution is 2.34. The predicted octanol–water partition coefficient (Wildman–Crippen LogP) is 5.22. The molecule has 1 saturated heterocycles. The third-order valence-corrected chi connectivity index (χ3v) is 8.76. The second-order valence-electron chi connectivity index (χ2n) is 9.46. The normalized spacial score (nSPS) is 19.3. The molecule has 0 spiro atoms. The summed E-state index contributed by atoms with van der Waals surface area (Å²) in [5, 5.41) is 2.29. The fourth-order valence-corrected chi connectivity index (χ4v) is 6.64. The maximum absolute atomic E-state index is 13.8. The Morgan fingerprint density at radius 2 is 1.84 bits per heavy atom. The number of nitrogens with zero attached hydrogens (tertiary/aromatic N) is 1. The first kappa shape index (κ1) is 28.9. The smallest absolute Gasteiger partial charge is 0.405 e. The topological polar surface area (TPSA) is 87.7 Å². The molecule has 2 N–H and O–H groups in total. The molecule has 13 heteroatoms. The van der Waals surface area contributed by atoms with Crippen molar-refractivity contribution in [1.29, 1.82) is 0 Å². The number of likely N-dealkylation sites (tertiary alicyclic amines) is 1. The van der Waals surface area contributed by atoms with Gasteiger partial charge in [-0.2, -0.15) is 17.9 Å². The lowest BCUT2D eigenvalue weighted by molar-refractivity contribution is -0.158.